The van der Waals surface area contributed by atoms with Crippen LogP contribution in [-0.4, -0.2) is 128 Å². The van der Waals surface area contributed by atoms with Gasteiger partial charge in [0, 0.05) is 45.8 Å². The van der Waals surface area contributed by atoms with Gasteiger partial charge in [0.15, 0.2) is 0 Å². The molecule has 0 bridgehead atoms. The Morgan fingerprint density at radius 1 is 0.611 bits per heavy atom. The molecule has 17 heteroatoms. The first-order valence-corrected chi connectivity index (χ1v) is 19.1. The lowest BCUT2D eigenvalue weighted by Gasteiger charge is -2.28. The normalized spacial score (nSPS) is 13.0. The van der Waals surface area contributed by atoms with Crippen LogP contribution >= 0.6 is 0 Å². The molecule has 0 aliphatic carbocycles. The van der Waals surface area contributed by atoms with Crippen LogP contribution in [0.1, 0.15) is 113 Å². The van der Waals surface area contributed by atoms with E-state index in [2.05, 4.69) is 42.2 Å². The number of rotatable bonds is 33. The van der Waals surface area contributed by atoms with Crippen LogP contribution in [0.2, 0.25) is 0 Å². The minimum Gasteiger partial charge on any atom is -0.411 e. The van der Waals surface area contributed by atoms with Crippen molar-refractivity contribution in [2.45, 2.75) is 130 Å². The Morgan fingerprint density at radius 3 is 1.69 bits per heavy atom. The average Bonchev–Trinajstić information content (AvgIpc) is 3.12. The summed E-state index contributed by atoms with van der Waals surface area (Å²) < 4.78 is 10.7. The maximum Gasteiger partial charge on any atom is 0.222 e. The lowest BCUT2D eigenvalue weighted by Crippen LogP contribution is -2.47. The van der Waals surface area contributed by atoms with Crippen LogP contribution < -0.4 is 31.9 Å². The summed E-state index contributed by atoms with van der Waals surface area (Å²) in [4.78, 5) is 59.2. The van der Waals surface area contributed by atoms with Crippen LogP contribution in [0.4, 0.5) is 0 Å². The molecule has 0 heterocycles. The number of carbonyl (C=O) groups excluding carboxylic acids is 5. The molecule has 1 atom stereocenters. The molecule has 0 fully saturated rings. The third kappa shape index (κ3) is 26.2. The van der Waals surface area contributed by atoms with Gasteiger partial charge in [-0.3, -0.25) is 19.2 Å². The number of aldehydes is 1. The largest absolute Gasteiger partial charge is 0.411 e. The van der Waals surface area contributed by atoms with E-state index >= 15 is 0 Å². The van der Waals surface area contributed by atoms with Gasteiger partial charge < -0.3 is 56.6 Å². The number of hydrogen-bond donors (Lipinski definition) is 8. The van der Waals surface area contributed by atoms with E-state index in [0.29, 0.717) is 95.9 Å². The van der Waals surface area contributed by atoms with Crippen molar-refractivity contribution < 1.29 is 43.9 Å². The standard InChI is InChI=1S/C37H70N8O9/c1-28(44-51)36(4,5)41-20-15-31(16-21-42-37(6,7)29(2)45-52)14-19-40-33(48)12-10-13-35(50)43-32(27-46)11-8-9-18-39-34(49)17-23-53-25-26-54-24-22-38-30(3)47/h27,31-32,41-42,51-52H,8-26H2,1-7H3,(H,38,47)(H,39,49)(H,40,48)(H,43,50)/b44-28+,45-29+/t32-/m0/s1. The van der Waals surface area contributed by atoms with Gasteiger partial charge in [0.25, 0.3) is 0 Å². The van der Waals surface area contributed by atoms with Crippen LogP contribution in [0, 0.1) is 5.92 Å². The smallest absolute Gasteiger partial charge is 0.222 e. The molecule has 312 valence electrons. The monoisotopic (exact) mass is 771 g/mol. The Kier molecular flexibility index (Phi) is 27.6. The van der Waals surface area contributed by atoms with Gasteiger partial charge in [-0.2, -0.15) is 0 Å². The molecule has 0 rings (SSSR count). The van der Waals surface area contributed by atoms with Crippen molar-refractivity contribution in [1.29, 1.82) is 0 Å². The summed E-state index contributed by atoms with van der Waals surface area (Å²) in [5, 5.41) is 43.0. The second-order valence-electron chi connectivity index (χ2n) is 14.5. The van der Waals surface area contributed by atoms with E-state index in [4.69, 9.17) is 9.47 Å². The molecule has 0 aromatic rings. The van der Waals surface area contributed by atoms with E-state index in [1.807, 2.05) is 27.7 Å². The Hall–Kier alpha value is -3.67. The van der Waals surface area contributed by atoms with Crippen LogP contribution in [-0.2, 0) is 33.4 Å². The predicted molar refractivity (Wildman–Crippen MR) is 208 cm³/mol. The maximum atomic E-state index is 12.5. The Bertz CT molecular complexity index is 1130. The van der Waals surface area contributed by atoms with E-state index in [-0.39, 0.29) is 55.4 Å². The molecule has 54 heavy (non-hydrogen) atoms. The molecule has 0 radical (unpaired) electrons. The number of oxime groups is 2. The van der Waals surface area contributed by atoms with Crippen molar-refractivity contribution in [3.63, 3.8) is 0 Å². The second-order valence-corrected chi connectivity index (χ2v) is 14.5. The topological polar surface area (TPSA) is 241 Å². The molecular formula is C37H70N8O9. The summed E-state index contributed by atoms with van der Waals surface area (Å²) in [6.45, 7) is 16.9. The third-order valence-electron chi connectivity index (χ3n) is 9.27. The van der Waals surface area contributed by atoms with Gasteiger partial charge in [0.05, 0.1) is 55.0 Å². The van der Waals surface area contributed by atoms with E-state index in [0.717, 1.165) is 19.3 Å². The van der Waals surface area contributed by atoms with Crippen molar-refractivity contribution in [1.82, 2.24) is 31.9 Å². The molecule has 0 aliphatic heterocycles. The minimum atomic E-state index is -0.632. The highest BCUT2D eigenvalue weighted by molar-refractivity contribution is 5.90. The quantitative estimate of drug-likeness (QED) is 0.0158. The summed E-state index contributed by atoms with van der Waals surface area (Å²) in [5.41, 5.74) is 0.230. The van der Waals surface area contributed by atoms with Crippen LogP contribution in [0.5, 0.6) is 0 Å². The summed E-state index contributed by atoms with van der Waals surface area (Å²) in [7, 11) is 0. The number of unbranched alkanes of at least 4 members (excludes halogenated alkanes) is 1. The fraction of sp³-hybridized carbons (Fsp3) is 0.811. The summed E-state index contributed by atoms with van der Waals surface area (Å²) in [6.07, 6.45) is 5.72. The predicted octanol–water partition coefficient (Wildman–Crippen LogP) is 2.03. The van der Waals surface area contributed by atoms with Crippen molar-refractivity contribution >= 4 is 41.3 Å². The zero-order valence-electron chi connectivity index (χ0n) is 33.8. The lowest BCUT2D eigenvalue weighted by atomic mass is 9.94. The SMILES string of the molecule is CC(=O)NCCOCCOCCC(=O)NCCCC[C@@H](C=O)NC(=O)CCCC(=O)NCCC(CCNC(C)(C)/C(C)=N/O)CCNC(C)(C)/C(C)=N/O. The zero-order chi connectivity index (χ0) is 40.8. The Morgan fingerprint density at radius 2 is 1.13 bits per heavy atom. The van der Waals surface area contributed by atoms with Gasteiger partial charge in [-0.15, -0.1) is 0 Å². The highest BCUT2D eigenvalue weighted by atomic mass is 16.5. The molecule has 4 amide bonds. The van der Waals surface area contributed by atoms with Crippen LogP contribution in [0.25, 0.3) is 0 Å². The van der Waals surface area contributed by atoms with E-state index in [1.165, 1.54) is 6.92 Å². The number of hydrogen-bond acceptors (Lipinski definition) is 13. The maximum absolute atomic E-state index is 12.5. The second kappa shape index (κ2) is 29.7. The third-order valence-corrected chi connectivity index (χ3v) is 9.27. The molecular weight excluding hydrogens is 700 g/mol. The van der Waals surface area contributed by atoms with Gasteiger partial charge in [-0.1, -0.05) is 10.3 Å². The number of nitrogens with zero attached hydrogens (tertiary/aromatic N) is 2. The van der Waals surface area contributed by atoms with E-state index in [1.54, 1.807) is 13.8 Å². The summed E-state index contributed by atoms with van der Waals surface area (Å²) in [6, 6.07) is -0.632. The minimum absolute atomic E-state index is 0.110. The Labute approximate surface area is 321 Å². The first-order chi connectivity index (χ1) is 25.6. The molecule has 0 aromatic heterocycles. The fourth-order valence-electron chi connectivity index (χ4n) is 5.07. The summed E-state index contributed by atoms with van der Waals surface area (Å²) >= 11 is 0. The number of carbonyl (C=O) groups is 5. The molecule has 0 spiro atoms. The number of nitrogens with one attached hydrogen (secondary N) is 6. The highest BCUT2D eigenvalue weighted by Crippen LogP contribution is 2.15. The van der Waals surface area contributed by atoms with E-state index in [9.17, 15) is 34.4 Å². The molecule has 17 nitrogen and oxygen atoms in total. The molecule has 0 unspecified atom stereocenters. The molecule has 0 aromatic carbocycles. The first kappa shape index (κ1) is 50.3. The fourth-order valence-corrected chi connectivity index (χ4v) is 5.07. The van der Waals surface area contributed by atoms with Gasteiger partial charge in [-0.05, 0) is 105 Å². The number of ether oxygens (including phenoxy) is 2. The lowest BCUT2D eigenvalue weighted by molar-refractivity contribution is -0.125. The molecule has 0 aliphatic rings. The average molecular weight is 771 g/mol. The Balaban J connectivity index is 4.34. The van der Waals surface area contributed by atoms with Gasteiger partial charge in [-0.25, -0.2) is 0 Å². The van der Waals surface area contributed by atoms with E-state index < -0.39 is 17.1 Å². The highest BCUT2D eigenvalue weighted by Gasteiger charge is 2.24. The van der Waals surface area contributed by atoms with Crippen molar-refractivity contribution in [2.24, 2.45) is 16.2 Å². The number of amides is 4. The molecule has 8 N–H and O–H groups in total. The molecule has 0 saturated heterocycles. The van der Waals surface area contributed by atoms with Crippen molar-refractivity contribution in [2.75, 3.05) is 59.2 Å². The van der Waals surface area contributed by atoms with Gasteiger partial charge >= 0.3 is 0 Å². The van der Waals surface area contributed by atoms with Gasteiger partial charge in [0.2, 0.25) is 23.6 Å². The molecule has 0 saturated carbocycles. The van der Waals surface area contributed by atoms with Crippen LogP contribution in [0.3, 0.4) is 0 Å². The zero-order valence-corrected chi connectivity index (χ0v) is 33.8. The van der Waals surface area contributed by atoms with Crippen molar-refractivity contribution in [3.8, 4) is 0 Å². The first-order valence-electron chi connectivity index (χ1n) is 19.1. The van der Waals surface area contributed by atoms with Crippen LogP contribution in [0.15, 0.2) is 10.3 Å². The summed E-state index contributed by atoms with van der Waals surface area (Å²) in [5.74, 6) is -0.418. The van der Waals surface area contributed by atoms with Crippen molar-refractivity contribution in [3.05, 3.63) is 0 Å². The van der Waals surface area contributed by atoms with Gasteiger partial charge in [0.1, 0.15) is 6.29 Å².